The molecule has 8 heteroatoms. The van der Waals surface area contributed by atoms with E-state index in [0.29, 0.717) is 13.0 Å². The van der Waals surface area contributed by atoms with Gasteiger partial charge in [-0.05, 0) is 46.7 Å². The Labute approximate surface area is 170 Å². The smallest absolute Gasteiger partial charge is 0.412 e. The van der Waals surface area contributed by atoms with E-state index in [1.54, 1.807) is 4.90 Å². The maximum Gasteiger partial charge on any atom is 0.412 e. The number of ether oxygens (including phenoxy) is 1. The fourth-order valence-corrected chi connectivity index (χ4v) is 5.55. The van der Waals surface area contributed by atoms with Gasteiger partial charge in [0, 0.05) is 25.3 Å². The molecule has 7 nitrogen and oxygen atoms in total. The number of carbonyl (C=O) groups is 3. The Morgan fingerprint density at radius 3 is 2.50 bits per heavy atom. The normalized spacial score (nSPS) is 28.2. The average molecular weight is 413 g/mol. The molecule has 2 rings (SSSR count). The predicted octanol–water partition coefficient (Wildman–Crippen LogP) is 3.18. The van der Waals surface area contributed by atoms with Crippen LogP contribution in [0.25, 0.3) is 0 Å². The first-order valence-electron chi connectivity index (χ1n) is 10.5. The van der Waals surface area contributed by atoms with E-state index in [-0.39, 0.29) is 24.2 Å². The molecule has 0 spiro atoms. The maximum atomic E-state index is 13.1. The maximum absolute atomic E-state index is 13.1. The molecular formula is C20H36N2O5Si. The standard InChI is InChI=1S/C20H36N2O5Si/c1-7-8-9-15-10-11-22(18(25)26-19(2,3)4)20(15,27-28(5)6)13-14-12-16(23)21-17(14)24/h14-15,28H,7-13H2,1-6H3,(H,21,23,24). The lowest BCUT2D eigenvalue weighted by molar-refractivity contribution is -0.132. The number of hydrogen-bond acceptors (Lipinski definition) is 5. The minimum absolute atomic E-state index is 0.137. The van der Waals surface area contributed by atoms with Gasteiger partial charge in [-0.2, -0.15) is 0 Å². The SMILES string of the molecule is CCCCC1CCN(C(=O)OC(C)(C)C)C1(CC1CC(=O)NC1=O)O[SiH](C)C. The van der Waals surface area contributed by atoms with Crippen LogP contribution in [0.4, 0.5) is 4.79 Å². The summed E-state index contributed by atoms with van der Waals surface area (Å²) in [6.07, 6.45) is 3.96. The highest BCUT2D eigenvalue weighted by Gasteiger charge is 2.55. The molecule has 2 heterocycles. The van der Waals surface area contributed by atoms with Crippen molar-refractivity contribution in [2.24, 2.45) is 11.8 Å². The molecule has 3 atom stereocenters. The fourth-order valence-electron chi connectivity index (χ4n) is 4.32. The van der Waals surface area contributed by atoms with Gasteiger partial charge >= 0.3 is 6.09 Å². The lowest BCUT2D eigenvalue weighted by Gasteiger charge is -2.45. The summed E-state index contributed by atoms with van der Waals surface area (Å²) in [5.74, 6) is -0.840. The summed E-state index contributed by atoms with van der Waals surface area (Å²) >= 11 is 0. The Hall–Kier alpha value is -1.41. The van der Waals surface area contributed by atoms with E-state index in [9.17, 15) is 14.4 Å². The molecule has 0 aliphatic carbocycles. The number of nitrogens with zero attached hydrogens (tertiary/aromatic N) is 1. The summed E-state index contributed by atoms with van der Waals surface area (Å²) in [5, 5.41) is 2.39. The first kappa shape index (κ1) is 22.9. The summed E-state index contributed by atoms with van der Waals surface area (Å²) in [6, 6.07) is 0. The molecule has 0 aromatic heterocycles. The lowest BCUT2D eigenvalue weighted by atomic mass is 9.83. The number of likely N-dealkylation sites (tertiary alicyclic amines) is 1. The van der Waals surface area contributed by atoms with Crippen molar-refractivity contribution in [3.05, 3.63) is 0 Å². The van der Waals surface area contributed by atoms with Crippen molar-refractivity contribution < 1.29 is 23.5 Å². The number of rotatable bonds is 7. The summed E-state index contributed by atoms with van der Waals surface area (Å²) < 4.78 is 12.3. The number of nitrogens with one attached hydrogen (secondary N) is 1. The van der Waals surface area contributed by atoms with Crippen LogP contribution in [0.2, 0.25) is 13.1 Å². The third-order valence-electron chi connectivity index (χ3n) is 5.36. The van der Waals surface area contributed by atoms with Crippen LogP contribution in [0.15, 0.2) is 0 Å². The van der Waals surface area contributed by atoms with Gasteiger partial charge in [0.25, 0.3) is 0 Å². The first-order chi connectivity index (χ1) is 13.0. The first-order valence-corrected chi connectivity index (χ1v) is 13.3. The average Bonchev–Trinajstić information content (AvgIpc) is 3.03. The Morgan fingerprint density at radius 1 is 1.32 bits per heavy atom. The molecule has 0 aromatic rings. The van der Waals surface area contributed by atoms with Gasteiger partial charge in [0.2, 0.25) is 11.8 Å². The number of imide groups is 1. The molecule has 0 aromatic carbocycles. The van der Waals surface area contributed by atoms with Gasteiger partial charge in [-0.3, -0.25) is 19.8 Å². The third-order valence-corrected chi connectivity index (χ3v) is 6.24. The molecule has 2 aliphatic rings. The molecule has 0 bridgehead atoms. The van der Waals surface area contributed by atoms with Crippen LogP contribution in [0.5, 0.6) is 0 Å². The zero-order chi connectivity index (χ0) is 21.1. The van der Waals surface area contributed by atoms with Gasteiger partial charge in [0.05, 0.1) is 5.92 Å². The van der Waals surface area contributed by atoms with E-state index in [0.717, 1.165) is 25.7 Å². The van der Waals surface area contributed by atoms with Crippen molar-refractivity contribution in [1.29, 1.82) is 0 Å². The zero-order valence-corrected chi connectivity index (χ0v) is 19.3. The Kier molecular flexibility index (Phi) is 7.31. The summed E-state index contributed by atoms with van der Waals surface area (Å²) in [4.78, 5) is 38.8. The molecular weight excluding hydrogens is 376 g/mol. The number of amides is 3. The molecule has 28 heavy (non-hydrogen) atoms. The predicted molar refractivity (Wildman–Crippen MR) is 109 cm³/mol. The lowest BCUT2D eigenvalue weighted by Crippen LogP contribution is -2.57. The van der Waals surface area contributed by atoms with Gasteiger partial charge in [-0.1, -0.05) is 19.8 Å². The van der Waals surface area contributed by atoms with Crippen molar-refractivity contribution in [2.45, 2.75) is 90.6 Å². The van der Waals surface area contributed by atoms with Crippen molar-refractivity contribution in [3.8, 4) is 0 Å². The van der Waals surface area contributed by atoms with E-state index < -0.39 is 32.4 Å². The third kappa shape index (κ3) is 5.35. The van der Waals surface area contributed by atoms with Crippen molar-refractivity contribution in [2.75, 3.05) is 6.54 Å². The van der Waals surface area contributed by atoms with Crippen molar-refractivity contribution >= 4 is 26.9 Å². The number of unbranched alkanes of at least 4 members (excludes halogenated alkanes) is 1. The van der Waals surface area contributed by atoms with Crippen LogP contribution >= 0.6 is 0 Å². The van der Waals surface area contributed by atoms with Crippen LogP contribution in [0.1, 0.15) is 66.2 Å². The van der Waals surface area contributed by atoms with E-state index in [1.165, 1.54) is 0 Å². The summed E-state index contributed by atoms with van der Waals surface area (Å²) in [6.45, 7) is 12.4. The molecule has 2 aliphatic heterocycles. The molecule has 3 amide bonds. The Bertz CT molecular complexity index is 604. The van der Waals surface area contributed by atoms with E-state index >= 15 is 0 Å². The minimum Gasteiger partial charge on any atom is -0.444 e. The van der Waals surface area contributed by atoms with Gasteiger partial charge in [-0.25, -0.2) is 4.79 Å². The molecule has 2 saturated heterocycles. The number of carbonyl (C=O) groups excluding carboxylic acids is 3. The van der Waals surface area contributed by atoms with Gasteiger partial charge < -0.3 is 9.16 Å². The van der Waals surface area contributed by atoms with E-state index in [1.807, 2.05) is 20.8 Å². The van der Waals surface area contributed by atoms with Crippen LogP contribution in [0.3, 0.4) is 0 Å². The minimum atomic E-state index is -1.56. The van der Waals surface area contributed by atoms with Crippen LogP contribution in [0, 0.1) is 11.8 Å². The topological polar surface area (TPSA) is 84.9 Å². The quantitative estimate of drug-likeness (QED) is 0.513. The van der Waals surface area contributed by atoms with Crippen molar-refractivity contribution in [3.63, 3.8) is 0 Å². The highest BCUT2D eigenvalue weighted by atomic mass is 28.3. The Balaban J connectivity index is 2.39. The monoisotopic (exact) mass is 412 g/mol. The second-order valence-corrected chi connectivity index (χ2v) is 11.6. The molecule has 160 valence electrons. The van der Waals surface area contributed by atoms with Crippen LogP contribution in [-0.2, 0) is 18.8 Å². The zero-order valence-electron chi connectivity index (χ0n) is 18.2. The molecule has 3 unspecified atom stereocenters. The van der Waals surface area contributed by atoms with E-state index in [4.69, 9.17) is 9.16 Å². The molecule has 0 radical (unpaired) electrons. The summed E-state index contributed by atoms with van der Waals surface area (Å²) in [7, 11) is -1.56. The largest absolute Gasteiger partial charge is 0.444 e. The molecule has 2 fully saturated rings. The second kappa shape index (κ2) is 8.94. The summed E-state index contributed by atoms with van der Waals surface area (Å²) in [5.41, 5.74) is -1.48. The van der Waals surface area contributed by atoms with Gasteiger partial charge in [0.1, 0.15) is 11.3 Å². The van der Waals surface area contributed by atoms with Gasteiger partial charge in [-0.15, -0.1) is 0 Å². The fraction of sp³-hybridized carbons (Fsp3) is 0.850. The highest BCUT2D eigenvalue weighted by molar-refractivity contribution is 6.48. The highest BCUT2D eigenvalue weighted by Crippen LogP contribution is 2.45. The molecule has 0 saturated carbocycles. The van der Waals surface area contributed by atoms with Crippen LogP contribution < -0.4 is 5.32 Å². The second-order valence-electron chi connectivity index (χ2n) is 9.29. The molecule has 1 N–H and O–H groups in total. The van der Waals surface area contributed by atoms with E-state index in [2.05, 4.69) is 25.3 Å². The van der Waals surface area contributed by atoms with Crippen LogP contribution in [-0.4, -0.2) is 49.7 Å². The van der Waals surface area contributed by atoms with Gasteiger partial charge in [0.15, 0.2) is 9.04 Å². The number of hydrogen-bond donors (Lipinski definition) is 1. The van der Waals surface area contributed by atoms with Crippen molar-refractivity contribution in [1.82, 2.24) is 10.2 Å². The Morgan fingerprint density at radius 2 is 2.00 bits per heavy atom.